The van der Waals surface area contributed by atoms with Gasteiger partial charge in [0.05, 0.1) is 5.60 Å². The highest BCUT2D eigenvalue weighted by Crippen LogP contribution is 2.69. The molecule has 1 saturated carbocycles. The molecule has 2 fully saturated rings. The van der Waals surface area contributed by atoms with Crippen molar-refractivity contribution in [2.24, 2.45) is 5.41 Å². The molecule has 6 heteroatoms. The van der Waals surface area contributed by atoms with E-state index in [-0.39, 0.29) is 27.7 Å². The second kappa shape index (κ2) is 7.38. The third kappa shape index (κ3) is 4.21. The summed E-state index contributed by atoms with van der Waals surface area (Å²) in [5.74, 6) is 0. The van der Waals surface area contributed by atoms with E-state index < -0.39 is 5.60 Å². The third-order valence-electron chi connectivity index (χ3n) is 7.05. The van der Waals surface area contributed by atoms with Gasteiger partial charge in [0.1, 0.15) is 5.60 Å². The van der Waals surface area contributed by atoms with Crippen molar-refractivity contribution >= 4 is 28.3 Å². The monoisotopic (exact) mass is 429 g/mol. The number of piperidine rings is 1. The zero-order valence-corrected chi connectivity index (χ0v) is 20.8. The molecule has 3 rings (SSSR count). The van der Waals surface area contributed by atoms with E-state index in [1.165, 1.54) is 5.56 Å². The molecule has 1 aromatic carbocycles. The van der Waals surface area contributed by atoms with Gasteiger partial charge in [0, 0.05) is 29.1 Å². The summed E-state index contributed by atoms with van der Waals surface area (Å²) >= 11 is 0. The molecule has 0 radical (unpaired) electrons. The van der Waals surface area contributed by atoms with Gasteiger partial charge in [0.2, 0.25) is 0 Å². The van der Waals surface area contributed by atoms with Crippen LogP contribution in [0.1, 0.15) is 60.5 Å². The molecular weight excluding hydrogens is 392 g/mol. The Bertz CT molecular complexity index is 842. The number of amides is 1. The van der Waals surface area contributed by atoms with Gasteiger partial charge in [0.25, 0.3) is 0 Å². The Hall–Kier alpha value is -1.32. The first kappa shape index (κ1) is 23.4. The number of rotatable bonds is 6. The van der Waals surface area contributed by atoms with Gasteiger partial charge in [-0.15, -0.1) is 15.8 Å². The molecule has 1 saturated heterocycles. The smallest absolute Gasteiger partial charge is 0.410 e. The summed E-state index contributed by atoms with van der Waals surface area (Å²) in [6.45, 7) is 19.7. The molecule has 3 atom stereocenters. The average molecular weight is 429 g/mol. The Morgan fingerprint density at radius 2 is 1.87 bits per heavy atom. The van der Waals surface area contributed by atoms with Gasteiger partial charge >= 0.3 is 13.6 Å². The standard InChI is InChI=1S/C24H37BNO3P/c1-9-23-14-24(23,16-26(15-23)19(27)28-20(2,3)4)17-11-10-12-18(13-17)25-29-21(5,6)22(7,8)30/h9-13,25H,1,14-16,30H2,2-8H3. The summed E-state index contributed by atoms with van der Waals surface area (Å²) in [4.78, 5) is 14.5. The van der Waals surface area contributed by atoms with Crippen molar-refractivity contribution in [3.05, 3.63) is 42.5 Å². The Labute approximate surface area is 185 Å². The van der Waals surface area contributed by atoms with Crippen LogP contribution in [0.5, 0.6) is 0 Å². The minimum absolute atomic E-state index is 0.0306. The quantitative estimate of drug-likeness (QED) is 0.387. The Kier molecular flexibility index (Phi) is 5.74. The highest BCUT2D eigenvalue weighted by Gasteiger charge is 2.72. The molecule has 1 amide bonds. The maximum absolute atomic E-state index is 12.7. The molecule has 164 valence electrons. The van der Waals surface area contributed by atoms with Crippen molar-refractivity contribution in [2.75, 3.05) is 13.1 Å². The van der Waals surface area contributed by atoms with Crippen LogP contribution in [-0.2, 0) is 14.8 Å². The second-order valence-electron chi connectivity index (χ2n) is 11.2. The molecule has 0 bridgehead atoms. The lowest BCUT2D eigenvalue weighted by Gasteiger charge is -2.39. The van der Waals surface area contributed by atoms with E-state index in [9.17, 15) is 4.79 Å². The maximum atomic E-state index is 12.7. The van der Waals surface area contributed by atoms with E-state index in [4.69, 9.17) is 9.39 Å². The van der Waals surface area contributed by atoms with Crippen LogP contribution in [0.15, 0.2) is 36.9 Å². The summed E-state index contributed by atoms with van der Waals surface area (Å²) < 4.78 is 11.9. The number of hydrogen-bond acceptors (Lipinski definition) is 3. The first-order valence-electron chi connectivity index (χ1n) is 10.8. The topological polar surface area (TPSA) is 38.8 Å². The lowest BCUT2D eigenvalue weighted by atomic mass is 9.80. The lowest BCUT2D eigenvalue weighted by molar-refractivity contribution is 0.0264. The van der Waals surface area contributed by atoms with E-state index >= 15 is 0 Å². The highest BCUT2D eigenvalue weighted by atomic mass is 31.0. The first-order chi connectivity index (χ1) is 13.6. The van der Waals surface area contributed by atoms with Crippen LogP contribution in [0.3, 0.4) is 0 Å². The van der Waals surface area contributed by atoms with E-state index in [1.54, 1.807) is 0 Å². The fourth-order valence-corrected chi connectivity index (χ4v) is 4.40. The van der Waals surface area contributed by atoms with E-state index in [2.05, 4.69) is 67.8 Å². The van der Waals surface area contributed by atoms with Crippen molar-refractivity contribution in [3.8, 4) is 0 Å². The molecule has 2 aliphatic rings. The molecule has 4 nitrogen and oxygen atoms in total. The van der Waals surface area contributed by atoms with Crippen LogP contribution in [0.2, 0.25) is 0 Å². The SMILES string of the molecule is C=CC12CN(C(=O)OC(C)(C)C)CC1(c1cccc(BOC(C)(C)C(C)(C)P)c1)C2. The number of likely N-dealkylation sites (tertiary alicyclic amines) is 1. The average Bonchev–Trinajstić information content (AvgIpc) is 3.14. The molecule has 1 aliphatic heterocycles. The Morgan fingerprint density at radius 1 is 1.20 bits per heavy atom. The van der Waals surface area contributed by atoms with Gasteiger partial charge in [-0.3, -0.25) is 0 Å². The molecule has 1 aromatic rings. The molecule has 30 heavy (non-hydrogen) atoms. The van der Waals surface area contributed by atoms with E-state index in [1.807, 2.05) is 31.7 Å². The maximum Gasteiger partial charge on any atom is 0.410 e. The number of benzene rings is 1. The second-order valence-corrected chi connectivity index (χ2v) is 12.6. The third-order valence-corrected chi connectivity index (χ3v) is 7.75. The van der Waals surface area contributed by atoms with Crippen LogP contribution in [0.25, 0.3) is 0 Å². The zero-order valence-electron chi connectivity index (χ0n) is 19.7. The summed E-state index contributed by atoms with van der Waals surface area (Å²) in [7, 11) is 3.44. The van der Waals surface area contributed by atoms with Crippen molar-refractivity contribution in [1.82, 2.24) is 4.90 Å². The summed E-state index contributed by atoms with van der Waals surface area (Å²) in [6, 6.07) is 8.64. The summed E-state index contributed by atoms with van der Waals surface area (Å²) in [5.41, 5.74) is 1.52. The van der Waals surface area contributed by atoms with Gasteiger partial charge in [0.15, 0.2) is 0 Å². The van der Waals surface area contributed by atoms with Crippen molar-refractivity contribution in [2.45, 2.75) is 76.7 Å². The zero-order chi connectivity index (χ0) is 22.6. The van der Waals surface area contributed by atoms with Crippen LogP contribution >= 0.6 is 9.24 Å². The van der Waals surface area contributed by atoms with Gasteiger partial charge in [-0.05, 0) is 46.6 Å². The molecule has 0 N–H and O–H groups in total. The van der Waals surface area contributed by atoms with E-state index in [0.717, 1.165) is 11.9 Å². The largest absolute Gasteiger partial charge is 0.444 e. The number of fused-ring (bicyclic) bond motifs is 1. The van der Waals surface area contributed by atoms with E-state index in [0.29, 0.717) is 20.6 Å². The van der Waals surface area contributed by atoms with Crippen LogP contribution in [0, 0.1) is 5.41 Å². The lowest BCUT2D eigenvalue weighted by Crippen LogP contribution is -2.45. The number of ether oxygens (including phenoxy) is 1. The van der Waals surface area contributed by atoms with Gasteiger partial charge < -0.3 is 14.3 Å². The highest BCUT2D eigenvalue weighted by molar-refractivity contribution is 7.19. The molecule has 0 spiro atoms. The van der Waals surface area contributed by atoms with Crippen molar-refractivity contribution < 1.29 is 14.2 Å². The molecule has 1 heterocycles. The van der Waals surface area contributed by atoms with Crippen molar-refractivity contribution in [3.63, 3.8) is 0 Å². The minimum Gasteiger partial charge on any atom is -0.444 e. The predicted octanol–water partition coefficient (Wildman–Crippen LogP) is 4.18. The fourth-order valence-electron chi connectivity index (χ4n) is 4.31. The van der Waals surface area contributed by atoms with Gasteiger partial charge in [-0.25, -0.2) is 4.79 Å². The van der Waals surface area contributed by atoms with Crippen LogP contribution < -0.4 is 5.46 Å². The molecule has 3 unspecified atom stereocenters. The Balaban J connectivity index is 1.78. The number of carbonyl (C=O) groups is 1. The number of carbonyl (C=O) groups excluding carboxylic acids is 1. The minimum atomic E-state index is -0.492. The van der Waals surface area contributed by atoms with Crippen LogP contribution in [-0.4, -0.2) is 47.9 Å². The molecule has 1 aliphatic carbocycles. The predicted molar refractivity (Wildman–Crippen MR) is 129 cm³/mol. The summed E-state index contributed by atoms with van der Waals surface area (Å²) in [5, 5.41) is -0.0306. The first-order valence-corrected chi connectivity index (χ1v) is 11.4. The van der Waals surface area contributed by atoms with Crippen molar-refractivity contribution in [1.29, 1.82) is 0 Å². The van der Waals surface area contributed by atoms with Crippen LogP contribution in [0.4, 0.5) is 4.79 Å². The molecular formula is C24H37BNO3P. The van der Waals surface area contributed by atoms with Gasteiger partial charge in [-0.2, -0.15) is 0 Å². The number of nitrogens with zero attached hydrogens (tertiary/aromatic N) is 1. The fraction of sp³-hybridized carbons (Fsp3) is 0.625. The normalized spacial score (nSPS) is 26.2. The summed E-state index contributed by atoms with van der Waals surface area (Å²) in [6.07, 6.45) is 2.83. The molecule has 0 aromatic heterocycles. The number of hydrogen-bond donors (Lipinski definition) is 0. The Morgan fingerprint density at radius 3 is 2.43 bits per heavy atom. The van der Waals surface area contributed by atoms with Gasteiger partial charge in [-0.1, -0.05) is 49.7 Å².